The predicted octanol–water partition coefficient (Wildman–Crippen LogP) is 1.18. The molecule has 1 aliphatic rings. The van der Waals surface area contributed by atoms with E-state index in [-0.39, 0.29) is 0 Å². The van der Waals surface area contributed by atoms with Gasteiger partial charge < -0.3 is 15.8 Å². The van der Waals surface area contributed by atoms with Gasteiger partial charge in [0.2, 0.25) is 0 Å². The Hall–Kier alpha value is 0.580. The third kappa shape index (κ3) is 6.35. The number of nitrogens with two attached hydrogens (primary N) is 1. The monoisotopic (exact) mass is 264 g/mol. The summed E-state index contributed by atoms with van der Waals surface area (Å²) < 4.78 is 5.23. The first-order valence-electron chi connectivity index (χ1n) is 5.98. The van der Waals surface area contributed by atoms with Crippen molar-refractivity contribution in [3.8, 4) is 0 Å². The van der Waals surface area contributed by atoms with Gasteiger partial charge in [-0.2, -0.15) is 23.5 Å². The second kappa shape index (κ2) is 9.59. The van der Waals surface area contributed by atoms with Crippen molar-refractivity contribution in [3.05, 3.63) is 0 Å². The average Bonchev–Trinajstić information content (AvgIpc) is 2.34. The normalized spacial score (nSPS) is 23.2. The summed E-state index contributed by atoms with van der Waals surface area (Å²) >= 11 is 4.17. The third-order valence-corrected chi connectivity index (χ3v) is 5.49. The van der Waals surface area contributed by atoms with Crippen LogP contribution in [0.4, 0.5) is 0 Å². The summed E-state index contributed by atoms with van der Waals surface area (Å²) in [6.07, 6.45) is 2.20. The summed E-state index contributed by atoms with van der Waals surface area (Å²) in [7, 11) is 1.77. The molecule has 1 heterocycles. The lowest BCUT2D eigenvalue weighted by molar-refractivity contribution is 0.162. The maximum absolute atomic E-state index is 5.54. The van der Waals surface area contributed by atoms with Gasteiger partial charge in [-0.25, -0.2) is 0 Å². The Balaban J connectivity index is 2.14. The highest BCUT2D eigenvalue weighted by atomic mass is 32.2. The van der Waals surface area contributed by atoms with Gasteiger partial charge in [0.25, 0.3) is 0 Å². The number of nitrogens with one attached hydrogen (secondary N) is 1. The maximum Gasteiger partial charge on any atom is 0.0615 e. The molecule has 1 aliphatic heterocycles. The van der Waals surface area contributed by atoms with E-state index in [1.54, 1.807) is 7.11 Å². The van der Waals surface area contributed by atoms with E-state index in [1.807, 2.05) is 0 Å². The van der Waals surface area contributed by atoms with Gasteiger partial charge in [0.15, 0.2) is 0 Å². The van der Waals surface area contributed by atoms with Crippen LogP contribution in [-0.4, -0.2) is 55.4 Å². The van der Waals surface area contributed by atoms with Crippen molar-refractivity contribution in [1.82, 2.24) is 5.32 Å². The highest BCUT2D eigenvalue weighted by Crippen LogP contribution is 2.23. The van der Waals surface area contributed by atoms with Crippen LogP contribution in [0.25, 0.3) is 0 Å². The predicted molar refractivity (Wildman–Crippen MR) is 75.5 cm³/mol. The molecule has 0 aliphatic carbocycles. The van der Waals surface area contributed by atoms with E-state index < -0.39 is 0 Å². The summed E-state index contributed by atoms with van der Waals surface area (Å²) in [6, 6.07) is 0.473. The molecule has 2 unspecified atom stereocenters. The van der Waals surface area contributed by atoms with Crippen LogP contribution in [0.5, 0.6) is 0 Å². The zero-order chi connectivity index (χ0) is 11.6. The summed E-state index contributed by atoms with van der Waals surface area (Å²) in [5.74, 6) is 3.90. The molecule has 0 saturated carbocycles. The lowest BCUT2D eigenvalue weighted by Gasteiger charge is -2.24. The van der Waals surface area contributed by atoms with E-state index >= 15 is 0 Å². The van der Waals surface area contributed by atoms with Crippen LogP contribution in [0, 0.1) is 0 Å². The number of hydrogen-bond acceptors (Lipinski definition) is 5. The van der Waals surface area contributed by atoms with Gasteiger partial charge in [0.1, 0.15) is 0 Å². The summed E-state index contributed by atoms with van der Waals surface area (Å²) in [4.78, 5) is 0. The van der Waals surface area contributed by atoms with Crippen LogP contribution in [0.2, 0.25) is 0 Å². The highest BCUT2D eigenvalue weighted by Gasteiger charge is 2.16. The molecule has 1 fully saturated rings. The van der Waals surface area contributed by atoms with Gasteiger partial charge in [-0.1, -0.05) is 0 Å². The minimum absolute atomic E-state index is 0.473. The standard InChI is InChI=1S/C11H24N2OS2/c1-14-8-10(3-2-4-12)13-7-11-9-15-5-6-16-11/h10-11,13H,2-9,12H2,1H3. The lowest BCUT2D eigenvalue weighted by Crippen LogP contribution is -2.39. The van der Waals surface area contributed by atoms with Crippen molar-refractivity contribution in [3.63, 3.8) is 0 Å². The van der Waals surface area contributed by atoms with Crippen LogP contribution in [0.1, 0.15) is 12.8 Å². The second-order valence-electron chi connectivity index (χ2n) is 4.06. The minimum Gasteiger partial charge on any atom is -0.383 e. The van der Waals surface area contributed by atoms with E-state index in [1.165, 1.54) is 17.3 Å². The molecule has 1 saturated heterocycles. The van der Waals surface area contributed by atoms with Crippen molar-refractivity contribution < 1.29 is 4.74 Å². The summed E-state index contributed by atoms with van der Waals surface area (Å²) in [5.41, 5.74) is 5.54. The van der Waals surface area contributed by atoms with Gasteiger partial charge in [-0.05, 0) is 19.4 Å². The largest absolute Gasteiger partial charge is 0.383 e. The SMILES string of the molecule is COCC(CCCN)NCC1CSCCS1. The second-order valence-corrected chi connectivity index (χ2v) is 6.62. The van der Waals surface area contributed by atoms with Crippen LogP contribution in [0.15, 0.2) is 0 Å². The van der Waals surface area contributed by atoms with Crippen molar-refractivity contribution in [1.29, 1.82) is 0 Å². The van der Waals surface area contributed by atoms with Crippen LogP contribution >= 0.6 is 23.5 Å². The smallest absolute Gasteiger partial charge is 0.0615 e. The molecule has 2 atom stereocenters. The third-order valence-electron chi connectivity index (χ3n) is 2.64. The molecular weight excluding hydrogens is 240 g/mol. The van der Waals surface area contributed by atoms with Crippen molar-refractivity contribution >= 4 is 23.5 Å². The molecule has 0 amide bonds. The van der Waals surface area contributed by atoms with E-state index in [4.69, 9.17) is 10.5 Å². The lowest BCUT2D eigenvalue weighted by atomic mass is 10.1. The zero-order valence-electron chi connectivity index (χ0n) is 10.1. The topological polar surface area (TPSA) is 47.3 Å². The van der Waals surface area contributed by atoms with E-state index in [0.717, 1.165) is 37.8 Å². The molecule has 0 aromatic carbocycles. The van der Waals surface area contributed by atoms with Crippen LogP contribution < -0.4 is 11.1 Å². The van der Waals surface area contributed by atoms with Gasteiger partial charge in [0.05, 0.1) is 6.61 Å². The quantitative estimate of drug-likeness (QED) is 0.689. The molecule has 1 rings (SSSR count). The Morgan fingerprint density at radius 3 is 3.00 bits per heavy atom. The summed E-state index contributed by atoms with van der Waals surface area (Å²) in [6.45, 7) is 2.68. The molecule has 0 spiro atoms. The Morgan fingerprint density at radius 1 is 1.50 bits per heavy atom. The molecule has 3 N–H and O–H groups in total. The van der Waals surface area contributed by atoms with Crippen molar-refractivity contribution in [2.45, 2.75) is 24.1 Å². The number of rotatable bonds is 8. The van der Waals surface area contributed by atoms with Gasteiger partial charge in [0, 0.05) is 42.2 Å². The fraction of sp³-hybridized carbons (Fsp3) is 1.00. The van der Waals surface area contributed by atoms with Gasteiger partial charge in [-0.3, -0.25) is 0 Å². The Labute approximate surface area is 108 Å². The number of hydrogen-bond donors (Lipinski definition) is 2. The molecule has 0 bridgehead atoms. The van der Waals surface area contributed by atoms with Gasteiger partial charge in [-0.15, -0.1) is 0 Å². The van der Waals surface area contributed by atoms with Crippen molar-refractivity contribution in [2.24, 2.45) is 5.73 Å². The first-order chi connectivity index (χ1) is 7.86. The van der Waals surface area contributed by atoms with E-state index in [0.29, 0.717) is 6.04 Å². The Morgan fingerprint density at radius 2 is 2.38 bits per heavy atom. The number of thioether (sulfide) groups is 2. The Kier molecular flexibility index (Phi) is 8.78. The average molecular weight is 264 g/mol. The fourth-order valence-corrected chi connectivity index (χ4v) is 4.39. The molecule has 0 aromatic heterocycles. The maximum atomic E-state index is 5.54. The van der Waals surface area contributed by atoms with E-state index in [9.17, 15) is 0 Å². The molecular formula is C11H24N2OS2. The van der Waals surface area contributed by atoms with Crippen LogP contribution in [-0.2, 0) is 4.74 Å². The molecule has 96 valence electrons. The minimum atomic E-state index is 0.473. The van der Waals surface area contributed by atoms with Gasteiger partial charge >= 0.3 is 0 Å². The summed E-state index contributed by atoms with van der Waals surface area (Å²) in [5, 5.41) is 4.38. The zero-order valence-corrected chi connectivity index (χ0v) is 11.7. The number of ether oxygens (including phenoxy) is 1. The molecule has 0 aromatic rings. The van der Waals surface area contributed by atoms with E-state index in [2.05, 4.69) is 28.8 Å². The molecule has 5 heteroatoms. The van der Waals surface area contributed by atoms with Crippen molar-refractivity contribution in [2.75, 3.05) is 44.1 Å². The number of methoxy groups -OCH3 is 1. The van der Waals surface area contributed by atoms with Crippen LogP contribution in [0.3, 0.4) is 0 Å². The molecule has 3 nitrogen and oxygen atoms in total. The molecule has 16 heavy (non-hydrogen) atoms. The Bertz CT molecular complexity index is 166. The first kappa shape index (κ1) is 14.6. The fourth-order valence-electron chi connectivity index (χ4n) is 1.76. The first-order valence-corrected chi connectivity index (χ1v) is 8.19. The highest BCUT2D eigenvalue weighted by molar-refractivity contribution is 8.06. The molecule has 0 radical (unpaired) electrons.